The molecule has 1 heterocycles. The first-order chi connectivity index (χ1) is 8.33. The average Bonchev–Trinajstić information content (AvgIpc) is 2.35. The topological polar surface area (TPSA) is 15.3 Å². The molecule has 0 amide bonds. The lowest BCUT2D eigenvalue weighted by Gasteiger charge is -2.28. The van der Waals surface area contributed by atoms with Gasteiger partial charge in [-0.3, -0.25) is 0 Å². The van der Waals surface area contributed by atoms with Gasteiger partial charge in [0, 0.05) is 0 Å². The zero-order valence-electron chi connectivity index (χ0n) is 12.0. The van der Waals surface area contributed by atoms with Gasteiger partial charge in [0.1, 0.15) is 0 Å². The van der Waals surface area contributed by atoms with Crippen molar-refractivity contribution < 1.29 is 0 Å². The van der Waals surface area contributed by atoms with E-state index in [4.69, 9.17) is 0 Å². The monoisotopic (exact) mass is 240 g/mol. The maximum atomic E-state index is 3.61. The largest absolute Gasteiger partial charge is 0.317 e. The zero-order valence-corrected chi connectivity index (χ0v) is 12.0. The van der Waals surface area contributed by atoms with Crippen LogP contribution in [0.5, 0.6) is 0 Å². The second-order valence-electron chi connectivity index (χ2n) is 5.70. The van der Waals surface area contributed by atoms with Gasteiger partial charge in [-0.05, 0) is 64.8 Å². The van der Waals surface area contributed by atoms with E-state index in [0.29, 0.717) is 0 Å². The van der Waals surface area contributed by atoms with Crippen LogP contribution in [0, 0.1) is 5.92 Å². The van der Waals surface area contributed by atoms with Gasteiger partial charge in [0.2, 0.25) is 0 Å². The van der Waals surface area contributed by atoms with Crippen LogP contribution in [0.25, 0.3) is 0 Å². The maximum absolute atomic E-state index is 3.61. The molecular formula is C15H32N2. The minimum Gasteiger partial charge on any atom is -0.317 e. The van der Waals surface area contributed by atoms with E-state index in [1.165, 1.54) is 77.5 Å². The molecule has 102 valence electrons. The lowest BCUT2D eigenvalue weighted by Crippen LogP contribution is -2.31. The van der Waals surface area contributed by atoms with Crippen LogP contribution in [0.4, 0.5) is 0 Å². The summed E-state index contributed by atoms with van der Waals surface area (Å²) < 4.78 is 0. The van der Waals surface area contributed by atoms with Crippen LogP contribution in [0.3, 0.4) is 0 Å². The Hall–Kier alpha value is -0.0800. The van der Waals surface area contributed by atoms with Crippen molar-refractivity contribution in [1.29, 1.82) is 0 Å². The maximum Gasteiger partial charge on any atom is -0.00191 e. The lowest BCUT2D eigenvalue weighted by atomic mass is 9.94. The molecule has 0 saturated carbocycles. The third kappa shape index (κ3) is 7.77. The number of hydrogen-bond donors (Lipinski definition) is 1. The van der Waals surface area contributed by atoms with Gasteiger partial charge in [-0.15, -0.1) is 0 Å². The predicted molar refractivity (Wildman–Crippen MR) is 76.5 cm³/mol. The van der Waals surface area contributed by atoms with Crippen LogP contribution in [0.2, 0.25) is 0 Å². The van der Waals surface area contributed by atoms with Crippen molar-refractivity contribution in [2.45, 2.75) is 58.3 Å². The number of hydrogen-bond acceptors (Lipinski definition) is 2. The summed E-state index contributed by atoms with van der Waals surface area (Å²) in [7, 11) is 2.24. The quantitative estimate of drug-likeness (QED) is 0.622. The molecule has 1 rings (SSSR count). The van der Waals surface area contributed by atoms with E-state index < -0.39 is 0 Å². The Morgan fingerprint density at radius 2 is 1.71 bits per heavy atom. The van der Waals surface area contributed by atoms with Gasteiger partial charge in [-0.25, -0.2) is 0 Å². The SMILES string of the molecule is CCCCCCCNCCC1CCN(C)CC1. The first kappa shape index (κ1) is 15.0. The van der Waals surface area contributed by atoms with E-state index in [9.17, 15) is 0 Å². The standard InChI is InChI=1S/C15H32N2/c1-3-4-5-6-7-11-16-12-8-15-9-13-17(2)14-10-15/h15-16H,3-14H2,1-2H3. The van der Waals surface area contributed by atoms with E-state index in [0.717, 1.165) is 5.92 Å². The van der Waals surface area contributed by atoms with E-state index in [1.54, 1.807) is 0 Å². The Morgan fingerprint density at radius 3 is 2.41 bits per heavy atom. The molecule has 1 N–H and O–H groups in total. The van der Waals surface area contributed by atoms with E-state index >= 15 is 0 Å². The molecule has 0 unspecified atom stereocenters. The number of nitrogens with zero attached hydrogens (tertiary/aromatic N) is 1. The smallest absolute Gasteiger partial charge is 0.00191 e. The summed E-state index contributed by atoms with van der Waals surface area (Å²) in [6, 6.07) is 0. The summed E-state index contributed by atoms with van der Waals surface area (Å²) in [5.41, 5.74) is 0. The highest BCUT2D eigenvalue weighted by molar-refractivity contribution is 4.70. The fraction of sp³-hybridized carbons (Fsp3) is 1.00. The molecule has 0 aromatic rings. The van der Waals surface area contributed by atoms with Crippen LogP contribution < -0.4 is 5.32 Å². The second-order valence-corrected chi connectivity index (χ2v) is 5.70. The molecule has 17 heavy (non-hydrogen) atoms. The number of rotatable bonds is 9. The van der Waals surface area contributed by atoms with E-state index in [1.807, 2.05) is 0 Å². The fourth-order valence-electron chi connectivity index (χ4n) is 2.64. The Labute approximate surface area is 108 Å². The van der Waals surface area contributed by atoms with Crippen molar-refractivity contribution in [2.75, 3.05) is 33.2 Å². The van der Waals surface area contributed by atoms with Crippen molar-refractivity contribution >= 4 is 0 Å². The Bertz CT molecular complexity index is 162. The van der Waals surface area contributed by atoms with Crippen molar-refractivity contribution in [3.05, 3.63) is 0 Å². The van der Waals surface area contributed by atoms with Crippen molar-refractivity contribution in [1.82, 2.24) is 10.2 Å². The zero-order chi connectivity index (χ0) is 12.3. The summed E-state index contributed by atoms with van der Waals surface area (Å²) in [6.07, 6.45) is 11.2. The number of likely N-dealkylation sites (tertiary alicyclic amines) is 1. The van der Waals surface area contributed by atoms with Crippen molar-refractivity contribution in [3.8, 4) is 0 Å². The predicted octanol–water partition coefficient (Wildman–Crippen LogP) is 3.28. The molecule has 1 fully saturated rings. The summed E-state index contributed by atoms with van der Waals surface area (Å²) in [5, 5.41) is 3.61. The van der Waals surface area contributed by atoms with Crippen LogP contribution >= 0.6 is 0 Å². The van der Waals surface area contributed by atoms with Gasteiger partial charge >= 0.3 is 0 Å². The van der Waals surface area contributed by atoms with Gasteiger partial charge in [0.05, 0.1) is 0 Å². The molecule has 0 aromatic carbocycles. The lowest BCUT2D eigenvalue weighted by molar-refractivity contribution is 0.211. The van der Waals surface area contributed by atoms with Gasteiger partial charge in [-0.1, -0.05) is 32.6 Å². The summed E-state index contributed by atoms with van der Waals surface area (Å²) in [6.45, 7) is 7.36. The average molecular weight is 240 g/mol. The summed E-state index contributed by atoms with van der Waals surface area (Å²) in [4.78, 5) is 2.46. The normalized spacial score (nSPS) is 18.7. The molecule has 0 radical (unpaired) electrons. The van der Waals surface area contributed by atoms with Gasteiger partial charge in [0.25, 0.3) is 0 Å². The number of unbranched alkanes of at least 4 members (excludes halogenated alkanes) is 4. The molecule has 0 aliphatic carbocycles. The van der Waals surface area contributed by atoms with E-state index in [2.05, 4.69) is 24.2 Å². The third-order valence-electron chi connectivity index (χ3n) is 4.02. The first-order valence-electron chi connectivity index (χ1n) is 7.72. The number of nitrogens with one attached hydrogen (secondary N) is 1. The Kier molecular flexibility index (Phi) is 8.72. The summed E-state index contributed by atoms with van der Waals surface area (Å²) >= 11 is 0. The highest BCUT2D eigenvalue weighted by atomic mass is 15.1. The number of piperidine rings is 1. The Balaban J connectivity index is 1.81. The molecule has 2 nitrogen and oxygen atoms in total. The molecule has 0 spiro atoms. The van der Waals surface area contributed by atoms with Gasteiger partial charge in [0.15, 0.2) is 0 Å². The molecule has 1 aliphatic heterocycles. The molecule has 1 saturated heterocycles. The molecule has 2 heteroatoms. The second kappa shape index (κ2) is 9.90. The summed E-state index contributed by atoms with van der Waals surface area (Å²) in [5.74, 6) is 0.985. The van der Waals surface area contributed by atoms with Gasteiger partial charge < -0.3 is 10.2 Å². The van der Waals surface area contributed by atoms with Crippen molar-refractivity contribution in [3.63, 3.8) is 0 Å². The molecule has 0 atom stereocenters. The molecular weight excluding hydrogens is 208 g/mol. The minimum atomic E-state index is 0.985. The molecule has 0 bridgehead atoms. The van der Waals surface area contributed by atoms with Crippen LogP contribution in [0.15, 0.2) is 0 Å². The van der Waals surface area contributed by atoms with E-state index in [-0.39, 0.29) is 0 Å². The molecule has 0 aromatic heterocycles. The minimum absolute atomic E-state index is 0.985. The highest BCUT2D eigenvalue weighted by Gasteiger charge is 2.15. The van der Waals surface area contributed by atoms with Crippen LogP contribution in [0.1, 0.15) is 58.3 Å². The Morgan fingerprint density at radius 1 is 1.00 bits per heavy atom. The fourth-order valence-corrected chi connectivity index (χ4v) is 2.64. The first-order valence-corrected chi connectivity index (χ1v) is 7.72. The van der Waals surface area contributed by atoms with Crippen LogP contribution in [-0.2, 0) is 0 Å². The molecule has 1 aliphatic rings. The van der Waals surface area contributed by atoms with Crippen LogP contribution in [-0.4, -0.2) is 38.1 Å². The van der Waals surface area contributed by atoms with Gasteiger partial charge in [-0.2, -0.15) is 0 Å². The highest BCUT2D eigenvalue weighted by Crippen LogP contribution is 2.18. The third-order valence-corrected chi connectivity index (χ3v) is 4.02. The van der Waals surface area contributed by atoms with Crippen molar-refractivity contribution in [2.24, 2.45) is 5.92 Å².